The minimum absolute atomic E-state index is 0.0439. The molecule has 1 N–H and O–H groups in total. The third kappa shape index (κ3) is 4.93. The molecule has 0 bridgehead atoms. The van der Waals surface area contributed by atoms with Gasteiger partial charge in [-0.3, -0.25) is 9.59 Å². The molecule has 23 heavy (non-hydrogen) atoms. The lowest BCUT2D eigenvalue weighted by Gasteiger charge is -2.07. The van der Waals surface area contributed by atoms with Gasteiger partial charge in [0.2, 0.25) is 0 Å². The van der Waals surface area contributed by atoms with Crippen LogP contribution in [0, 0.1) is 0 Å². The molecule has 0 aliphatic carbocycles. The number of hydrogen-bond donors (Lipinski definition) is 1. The first kappa shape index (κ1) is 16.7. The van der Waals surface area contributed by atoms with Crippen LogP contribution in [0.25, 0.3) is 0 Å². The van der Waals surface area contributed by atoms with Gasteiger partial charge in [-0.1, -0.05) is 23.7 Å². The average molecular weight is 336 g/mol. The Kier molecular flexibility index (Phi) is 5.48. The highest BCUT2D eigenvalue weighted by molar-refractivity contribution is 6.30. The highest BCUT2D eigenvalue weighted by atomic mass is 35.5. The van der Waals surface area contributed by atoms with E-state index in [0.717, 1.165) is 10.2 Å². The number of aryl methyl sites for hydroxylation is 1. The minimum atomic E-state index is -0.776. The second-order valence-corrected chi connectivity index (χ2v) is 5.10. The van der Waals surface area contributed by atoms with Gasteiger partial charge in [-0.25, -0.2) is 9.48 Å². The van der Waals surface area contributed by atoms with Crippen LogP contribution in [0.1, 0.15) is 16.1 Å². The van der Waals surface area contributed by atoms with Crippen LogP contribution in [-0.2, 0) is 23.1 Å². The maximum Gasteiger partial charge on any atom is 0.359 e. The lowest BCUT2D eigenvalue weighted by molar-refractivity contribution is -0.124. The maximum absolute atomic E-state index is 11.7. The number of amides is 1. The number of ether oxygens (including phenoxy) is 1. The zero-order chi connectivity index (χ0) is 16.8. The summed E-state index contributed by atoms with van der Waals surface area (Å²) in [5.74, 6) is -1.22. The van der Waals surface area contributed by atoms with Crippen LogP contribution in [0.5, 0.6) is 0 Å². The smallest absolute Gasteiger partial charge is 0.359 e. The van der Waals surface area contributed by atoms with E-state index in [0.29, 0.717) is 11.6 Å². The average Bonchev–Trinajstić information content (AvgIpc) is 2.54. The molecule has 0 aliphatic rings. The molecular formula is C15H14ClN3O4. The number of rotatable bonds is 5. The fourth-order valence-electron chi connectivity index (χ4n) is 1.67. The second kappa shape index (κ2) is 7.55. The van der Waals surface area contributed by atoms with Crippen molar-refractivity contribution in [2.75, 3.05) is 6.61 Å². The zero-order valence-corrected chi connectivity index (χ0v) is 13.0. The van der Waals surface area contributed by atoms with E-state index in [-0.39, 0.29) is 11.3 Å². The predicted octanol–water partition coefficient (Wildman–Crippen LogP) is 0.907. The molecule has 7 nitrogen and oxygen atoms in total. The predicted molar refractivity (Wildman–Crippen MR) is 83.1 cm³/mol. The molecule has 1 aromatic heterocycles. The van der Waals surface area contributed by atoms with Crippen molar-refractivity contribution < 1.29 is 14.3 Å². The quantitative estimate of drug-likeness (QED) is 0.820. The molecule has 0 radical (unpaired) electrons. The minimum Gasteiger partial charge on any atom is -0.451 e. The summed E-state index contributed by atoms with van der Waals surface area (Å²) in [6, 6.07) is 9.44. The van der Waals surface area contributed by atoms with Gasteiger partial charge in [0, 0.05) is 24.7 Å². The van der Waals surface area contributed by atoms with E-state index in [1.165, 1.54) is 19.2 Å². The molecule has 120 valence electrons. The largest absolute Gasteiger partial charge is 0.451 e. The summed E-state index contributed by atoms with van der Waals surface area (Å²) < 4.78 is 5.85. The number of nitrogens with one attached hydrogen (secondary N) is 1. The van der Waals surface area contributed by atoms with E-state index in [1.807, 2.05) is 0 Å². The van der Waals surface area contributed by atoms with Crippen molar-refractivity contribution >= 4 is 23.5 Å². The van der Waals surface area contributed by atoms with Crippen LogP contribution in [0.15, 0.2) is 41.2 Å². The van der Waals surface area contributed by atoms with Gasteiger partial charge in [-0.05, 0) is 23.8 Å². The molecular weight excluding hydrogens is 322 g/mol. The number of esters is 1. The summed E-state index contributed by atoms with van der Waals surface area (Å²) >= 11 is 5.77. The normalized spacial score (nSPS) is 10.2. The van der Waals surface area contributed by atoms with Gasteiger partial charge >= 0.3 is 5.97 Å². The maximum atomic E-state index is 11.7. The Bertz CT molecular complexity index is 771. The summed E-state index contributed by atoms with van der Waals surface area (Å²) in [7, 11) is 1.41. The van der Waals surface area contributed by atoms with Crippen molar-refractivity contribution in [3.05, 3.63) is 63.0 Å². The Balaban J connectivity index is 1.81. The Labute approximate surface area is 136 Å². The number of aromatic nitrogens is 2. The van der Waals surface area contributed by atoms with Crippen molar-refractivity contribution in [1.82, 2.24) is 15.1 Å². The SMILES string of the molecule is Cn1nc(C(=O)OCC(=O)NCc2ccc(Cl)cc2)ccc1=O. The fraction of sp³-hybridized carbons (Fsp3) is 0.200. The molecule has 8 heteroatoms. The van der Waals surface area contributed by atoms with Crippen LogP contribution in [0.4, 0.5) is 0 Å². The molecule has 0 unspecified atom stereocenters. The number of carbonyl (C=O) groups excluding carboxylic acids is 2. The molecule has 0 aliphatic heterocycles. The first-order valence-corrected chi connectivity index (χ1v) is 7.06. The van der Waals surface area contributed by atoms with Gasteiger partial charge in [0.05, 0.1) is 0 Å². The second-order valence-electron chi connectivity index (χ2n) is 4.66. The van der Waals surface area contributed by atoms with Crippen molar-refractivity contribution in [1.29, 1.82) is 0 Å². The van der Waals surface area contributed by atoms with Gasteiger partial charge in [0.1, 0.15) is 0 Å². The van der Waals surface area contributed by atoms with Crippen molar-refractivity contribution in [3.8, 4) is 0 Å². The Hall–Kier alpha value is -2.67. The summed E-state index contributed by atoms with van der Waals surface area (Å²) in [6.07, 6.45) is 0. The van der Waals surface area contributed by atoms with Crippen LogP contribution in [0.2, 0.25) is 5.02 Å². The van der Waals surface area contributed by atoms with E-state index < -0.39 is 18.5 Å². The summed E-state index contributed by atoms with van der Waals surface area (Å²) in [5, 5.41) is 6.96. The summed E-state index contributed by atoms with van der Waals surface area (Å²) in [6.45, 7) is -0.136. The standard InChI is InChI=1S/C15H14ClN3O4/c1-19-14(21)7-6-12(18-19)15(22)23-9-13(20)17-8-10-2-4-11(16)5-3-10/h2-7H,8-9H2,1H3,(H,17,20). The topological polar surface area (TPSA) is 90.3 Å². The van der Waals surface area contributed by atoms with E-state index in [2.05, 4.69) is 10.4 Å². The zero-order valence-electron chi connectivity index (χ0n) is 12.3. The number of halogens is 1. The van der Waals surface area contributed by atoms with Gasteiger partial charge < -0.3 is 10.1 Å². The van der Waals surface area contributed by atoms with E-state index in [4.69, 9.17) is 16.3 Å². The van der Waals surface area contributed by atoms with Gasteiger partial charge in [-0.15, -0.1) is 0 Å². The summed E-state index contributed by atoms with van der Waals surface area (Å²) in [5.41, 5.74) is 0.480. The van der Waals surface area contributed by atoms with Gasteiger partial charge in [0.25, 0.3) is 11.5 Å². The van der Waals surface area contributed by atoms with Crippen molar-refractivity contribution in [2.24, 2.45) is 7.05 Å². The van der Waals surface area contributed by atoms with Gasteiger partial charge in [0.15, 0.2) is 12.3 Å². The molecule has 0 atom stereocenters. The number of benzene rings is 1. The monoisotopic (exact) mass is 335 g/mol. The number of hydrogen-bond acceptors (Lipinski definition) is 5. The molecule has 0 saturated carbocycles. The van der Waals surface area contributed by atoms with Gasteiger partial charge in [-0.2, -0.15) is 5.10 Å². The Morgan fingerprint density at radius 3 is 2.57 bits per heavy atom. The van der Waals surface area contributed by atoms with Crippen molar-refractivity contribution in [3.63, 3.8) is 0 Å². The molecule has 0 saturated heterocycles. The van der Waals surface area contributed by atoms with E-state index in [1.54, 1.807) is 24.3 Å². The molecule has 1 aromatic carbocycles. The molecule has 1 amide bonds. The molecule has 0 spiro atoms. The highest BCUT2D eigenvalue weighted by Crippen LogP contribution is 2.09. The Morgan fingerprint density at radius 1 is 1.22 bits per heavy atom. The van der Waals surface area contributed by atoms with Crippen LogP contribution in [-0.4, -0.2) is 28.3 Å². The molecule has 1 heterocycles. The van der Waals surface area contributed by atoms with Crippen LogP contribution < -0.4 is 10.9 Å². The fourth-order valence-corrected chi connectivity index (χ4v) is 1.80. The van der Waals surface area contributed by atoms with Crippen LogP contribution in [0.3, 0.4) is 0 Å². The Morgan fingerprint density at radius 2 is 1.91 bits per heavy atom. The number of nitrogens with zero attached hydrogens (tertiary/aromatic N) is 2. The summed E-state index contributed by atoms with van der Waals surface area (Å²) in [4.78, 5) is 34.6. The third-order valence-electron chi connectivity index (χ3n) is 2.91. The molecule has 2 aromatic rings. The third-order valence-corrected chi connectivity index (χ3v) is 3.16. The van der Waals surface area contributed by atoms with E-state index >= 15 is 0 Å². The van der Waals surface area contributed by atoms with E-state index in [9.17, 15) is 14.4 Å². The lowest BCUT2D eigenvalue weighted by Crippen LogP contribution is -2.29. The van der Waals surface area contributed by atoms with Crippen molar-refractivity contribution in [2.45, 2.75) is 6.54 Å². The first-order valence-electron chi connectivity index (χ1n) is 6.68. The van der Waals surface area contributed by atoms with Crippen LogP contribution >= 0.6 is 11.6 Å². The lowest BCUT2D eigenvalue weighted by atomic mass is 10.2. The number of carbonyl (C=O) groups is 2. The molecule has 2 rings (SSSR count). The first-order chi connectivity index (χ1) is 11.0. The molecule has 0 fully saturated rings. The highest BCUT2D eigenvalue weighted by Gasteiger charge is 2.12.